The van der Waals surface area contributed by atoms with Crippen molar-refractivity contribution >= 4 is 39.4 Å². The standard InChI is InChI=1S/C11H11BrClNO3/c1-6(11(16)17-2)14-10(15)7-3-8(12)5-9(13)4-7/h3-6H,1-2H3,(H,14,15)/t6-/m0/s1. The summed E-state index contributed by atoms with van der Waals surface area (Å²) < 4.78 is 5.20. The molecule has 0 radical (unpaired) electrons. The summed E-state index contributed by atoms with van der Waals surface area (Å²) in [5.74, 6) is -0.884. The van der Waals surface area contributed by atoms with Gasteiger partial charge in [0.1, 0.15) is 6.04 Å². The maximum atomic E-state index is 11.8. The molecule has 4 nitrogen and oxygen atoms in total. The lowest BCUT2D eigenvalue weighted by Gasteiger charge is -2.11. The Kier molecular flexibility index (Phi) is 4.96. The van der Waals surface area contributed by atoms with Crippen LogP contribution in [-0.2, 0) is 9.53 Å². The fraction of sp³-hybridized carbons (Fsp3) is 0.273. The van der Waals surface area contributed by atoms with E-state index in [1.54, 1.807) is 19.1 Å². The third kappa shape index (κ3) is 4.02. The van der Waals surface area contributed by atoms with Gasteiger partial charge in [-0.1, -0.05) is 27.5 Å². The zero-order chi connectivity index (χ0) is 13.0. The van der Waals surface area contributed by atoms with Crippen LogP contribution in [0, 0.1) is 0 Å². The molecule has 0 aromatic heterocycles. The van der Waals surface area contributed by atoms with Gasteiger partial charge in [0.05, 0.1) is 7.11 Å². The van der Waals surface area contributed by atoms with Crippen molar-refractivity contribution in [2.24, 2.45) is 0 Å². The Morgan fingerprint density at radius 3 is 2.59 bits per heavy atom. The minimum absolute atomic E-state index is 0.375. The monoisotopic (exact) mass is 319 g/mol. The maximum Gasteiger partial charge on any atom is 0.328 e. The van der Waals surface area contributed by atoms with Crippen molar-refractivity contribution in [3.63, 3.8) is 0 Å². The van der Waals surface area contributed by atoms with E-state index in [4.69, 9.17) is 11.6 Å². The number of ether oxygens (including phenoxy) is 1. The highest BCUT2D eigenvalue weighted by atomic mass is 79.9. The van der Waals surface area contributed by atoms with Crippen molar-refractivity contribution in [3.8, 4) is 0 Å². The van der Waals surface area contributed by atoms with E-state index in [1.807, 2.05) is 0 Å². The highest BCUT2D eigenvalue weighted by Crippen LogP contribution is 2.19. The normalized spacial score (nSPS) is 11.8. The largest absolute Gasteiger partial charge is 0.467 e. The summed E-state index contributed by atoms with van der Waals surface area (Å²) in [5.41, 5.74) is 0.375. The second-order valence-electron chi connectivity index (χ2n) is 3.38. The highest BCUT2D eigenvalue weighted by Gasteiger charge is 2.17. The third-order valence-electron chi connectivity index (χ3n) is 2.03. The van der Waals surface area contributed by atoms with Crippen LogP contribution in [0.2, 0.25) is 5.02 Å². The third-order valence-corrected chi connectivity index (χ3v) is 2.70. The summed E-state index contributed by atoms with van der Waals surface area (Å²) in [6.07, 6.45) is 0. The first-order valence-corrected chi connectivity index (χ1v) is 5.96. The maximum absolute atomic E-state index is 11.8. The molecule has 0 aliphatic rings. The molecule has 1 aromatic carbocycles. The lowest BCUT2D eigenvalue weighted by molar-refractivity contribution is -0.142. The van der Waals surface area contributed by atoms with Crippen molar-refractivity contribution in [3.05, 3.63) is 33.3 Å². The quantitative estimate of drug-likeness (QED) is 0.870. The fourth-order valence-electron chi connectivity index (χ4n) is 1.20. The molecule has 1 aromatic rings. The Morgan fingerprint density at radius 1 is 1.41 bits per heavy atom. The second kappa shape index (κ2) is 6.02. The van der Waals surface area contributed by atoms with E-state index in [2.05, 4.69) is 26.0 Å². The van der Waals surface area contributed by atoms with Crippen molar-refractivity contribution in [2.45, 2.75) is 13.0 Å². The predicted molar refractivity (Wildman–Crippen MR) is 68.1 cm³/mol. The number of benzene rings is 1. The van der Waals surface area contributed by atoms with Crippen LogP contribution in [0.25, 0.3) is 0 Å². The molecule has 92 valence electrons. The molecule has 0 unspecified atom stereocenters. The summed E-state index contributed by atoms with van der Waals surface area (Å²) >= 11 is 9.05. The SMILES string of the molecule is COC(=O)[C@H](C)NC(=O)c1cc(Cl)cc(Br)c1. The number of halogens is 2. The fourth-order valence-corrected chi connectivity index (χ4v) is 2.06. The molecule has 1 atom stereocenters. The van der Waals surface area contributed by atoms with E-state index in [0.717, 1.165) is 0 Å². The molecule has 1 rings (SSSR count). The highest BCUT2D eigenvalue weighted by molar-refractivity contribution is 9.10. The van der Waals surface area contributed by atoms with Gasteiger partial charge in [0, 0.05) is 15.1 Å². The zero-order valence-electron chi connectivity index (χ0n) is 9.29. The van der Waals surface area contributed by atoms with Crippen LogP contribution in [0.1, 0.15) is 17.3 Å². The number of hydrogen-bond acceptors (Lipinski definition) is 3. The average molecular weight is 321 g/mol. The second-order valence-corrected chi connectivity index (χ2v) is 4.73. The van der Waals surface area contributed by atoms with Gasteiger partial charge < -0.3 is 10.1 Å². The van der Waals surface area contributed by atoms with E-state index in [-0.39, 0.29) is 5.91 Å². The molecule has 0 saturated heterocycles. The number of amides is 1. The Labute approximate surface area is 112 Å². The van der Waals surface area contributed by atoms with Crippen LogP contribution < -0.4 is 5.32 Å². The number of carbonyl (C=O) groups is 2. The van der Waals surface area contributed by atoms with Crippen LogP contribution in [-0.4, -0.2) is 25.0 Å². The van der Waals surface area contributed by atoms with Gasteiger partial charge in [-0.25, -0.2) is 4.79 Å². The Balaban J connectivity index is 2.79. The molecule has 0 aliphatic heterocycles. The number of methoxy groups -OCH3 is 1. The summed E-state index contributed by atoms with van der Waals surface area (Å²) in [4.78, 5) is 22.9. The van der Waals surface area contributed by atoms with Gasteiger partial charge in [-0.05, 0) is 25.1 Å². The molecule has 0 bridgehead atoms. The summed E-state index contributed by atoms with van der Waals surface area (Å²) in [5, 5.41) is 2.95. The summed E-state index contributed by atoms with van der Waals surface area (Å²) in [7, 11) is 1.26. The van der Waals surface area contributed by atoms with E-state index in [0.29, 0.717) is 15.1 Å². The smallest absolute Gasteiger partial charge is 0.328 e. The lowest BCUT2D eigenvalue weighted by atomic mass is 10.2. The molecule has 17 heavy (non-hydrogen) atoms. The molecule has 0 saturated carbocycles. The van der Waals surface area contributed by atoms with Gasteiger partial charge in [0.15, 0.2) is 0 Å². The molecule has 1 amide bonds. The van der Waals surface area contributed by atoms with E-state index >= 15 is 0 Å². The molecule has 0 heterocycles. The van der Waals surface area contributed by atoms with Gasteiger partial charge in [-0.3, -0.25) is 4.79 Å². The first kappa shape index (κ1) is 14.0. The Morgan fingerprint density at radius 2 is 2.06 bits per heavy atom. The van der Waals surface area contributed by atoms with Crippen LogP contribution in [0.5, 0.6) is 0 Å². The first-order valence-electron chi connectivity index (χ1n) is 4.79. The predicted octanol–water partition coefficient (Wildman–Crippen LogP) is 2.39. The van der Waals surface area contributed by atoms with E-state index in [1.165, 1.54) is 13.2 Å². The van der Waals surface area contributed by atoms with Gasteiger partial charge in [0.2, 0.25) is 0 Å². The summed E-state index contributed by atoms with van der Waals surface area (Å²) in [6.45, 7) is 1.54. The lowest BCUT2D eigenvalue weighted by Crippen LogP contribution is -2.39. The number of hydrogen-bond donors (Lipinski definition) is 1. The van der Waals surface area contributed by atoms with Crippen molar-refractivity contribution in [1.82, 2.24) is 5.32 Å². The first-order chi connectivity index (χ1) is 7.93. The summed E-state index contributed by atoms with van der Waals surface area (Å²) in [6, 6.07) is 4.10. The van der Waals surface area contributed by atoms with Gasteiger partial charge in [0.25, 0.3) is 5.91 Å². The van der Waals surface area contributed by atoms with E-state index in [9.17, 15) is 9.59 Å². The van der Waals surface area contributed by atoms with Crippen LogP contribution >= 0.6 is 27.5 Å². The molecule has 6 heteroatoms. The van der Waals surface area contributed by atoms with E-state index < -0.39 is 12.0 Å². The topological polar surface area (TPSA) is 55.4 Å². The van der Waals surface area contributed by atoms with Gasteiger partial charge >= 0.3 is 5.97 Å². The zero-order valence-corrected chi connectivity index (χ0v) is 11.6. The van der Waals surface area contributed by atoms with Crippen molar-refractivity contribution in [1.29, 1.82) is 0 Å². The minimum Gasteiger partial charge on any atom is -0.467 e. The number of esters is 1. The van der Waals surface area contributed by atoms with Crippen molar-refractivity contribution in [2.75, 3.05) is 7.11 Å². The average Bonchev–Trinajstić information content (AvgIpc) is 2.26. The molecular weight excluding hydrogens is 309 g/mol. The number of carbonyl (C=O) groups excluding carboxylic acids is 2. The Bertz CT molecular complexity index is 430. The molecular formula is C11H11BrClNO3. The minimum atomic E-state index is -0.703. The Hall–Kier alpha value is -1.07. The molecule has 0 aliphatic carbocycles. The van der Waals surface area contributed by atoms with Crippen LogP contribution in [0.4, 0.5) is 0 Å². The van der Waals surface area contributed by atoms with Gasteiger partial charge in [-0.15, -0.1) is 0 Å². The number of nitrogens with one attached hydrogen (secondary N) is 1. The molecule has 1 N–H and O–H groups in total. The molecule has 0 fully saturated rings. The number of rotatable bonds is 3. The molecule has 0 spiro atoms. The van der Waals surface area contributed by atoms with Crippen molar-refractivity contribution < 1.29 is 14.3 Å². The van der Waals surface area contributed by atoms with Crippen LogP contribution in [0.3, 0.4) is 0 Å². The van der Waals surface area contributed by atoms with Gasteiger partial charge in [-0.2, -0.15) is 0 Å². The van der Waals surface area contributed by atoms with Crippen LogP contribution in [0.15, 0.2) is 22.7 Å².